The molecule has 3 rings (SSSR count). The molecule has 2 aromatic rings. The molecule has 0 radical (unpaired) electrons. The fraction of sp³-hybridized carbons (Fsp3) is 0.471. The lowest BCUT2D eigenvalue weighted by Gasteiger charge is -2.34. The van der Waals surface area contributed by atoms with E-state index in [4.69, 9.17) is 9.52 Å². The number of aliphatic hydroxyl groups is 1. The second kappa shape index (κ2) is 6.41. The van der Waals surface area contributed by atoms with Gasteiger partial charge in [-0.2, -0.15) is 0 Å². The molecule has 0 spiro atoms. The van der Waals surface area contributed by atoms with Crippen molar-refractivity contribution in [3.05, 3.63) is 36.1 Å². The Morgan fingerprint density at radius 3 is 3.05 bits per heavy atom. The van der Waals surface area contributed by atoms with Crippen molar-refractivity contribution < 1.29 is 14.3 Å². The van der Waals surface area contributed by atoms with Gasteiger partial charge < -0.3 is 9.52 Å². The summed E-state index contributed by atoms with van der Waals surface area (Å²) < 4.78 is 5.45. The Bertz CT molecular complexity index is 617. The first-order valence-corrected chi connectivity index (χ1v) is 7.64. The average molecular weight is 287 g/mol. The van der Waals surface area contributed by atoms with Crippen molar-refractivity contribution in [1.82, 2.24) is 4.90 Å². The number of Topliss-reactive ketones (excluding diaryl/α,β-unsaturated/α-hetero) is 1. The Morgan fingerprint density at radius 2 is 2.19 bits per heavy atom. The molecule has 0 amide bonds. The average Bonchev–Trinajstić information content (AvgIpc) is 2.93. The van der Waals surface area contributed by atoms with Gasteiger partial charge in [0.25, 0.3) is 0 Å². The van der Waals surface area contributed by atoms with Crippen LogP contribution in [0.5, 0.6) is 0 Å². The van der Waals surface area contributed by atoms with Gasteiger partial charge in [-0.1, -0.05) is 24.6 Å². The molecular weight excluding hydrogens is 266 g/mol. The van der Waals surface area contributed by atoms with E-state index in [2.05, 4.69) is 4.90 Å². The van der Waals surface area contributed by atoms with Crippen molar-refractivity contribution in [3.63, 3.8) is 0 Å². The SMILES string of the molecule is O=C(CN1CCCCC1CCO)c1coc2ccccc12. The van der Waals surface area contributed by atoms with Crippen molar-refractivity contribution >= 4 is 16.8 Å². The van der Waals surface area contributed by atoms with E-state index in [1.54, 1.807) is 6.26 Å². The van der Waals surface area contributed by atoms with E-state index >= 15 is 0 Å². The lowest BCUT2D eigenvalue weighted by molar-refractivity contribution is 0.0799. The largest absolute Gasteiger partial charge is 0.464 e. The molecule has 1 aromatic heterocycles. The minimum absolute atomic E-state index is 0.102. The third-order valence-electron chi connectivity index (χ3n) is 4.34. The summed E-state index contributed by atoms with van der Waals surface area (Å²) in [4.78, 5) is 14.8. The molecule has 112 valence electrons. The minimum Gasteiger partial charge on any atom is -0.464 e. The Balaban J connectivity index is 1.76. The van der Waals surface area contributed by atoms with E-state index in [9.17, 15) is 4.79 Å². The van der Waals surface area contributed by atoms with Crippen LogP contribution in [0, 0.1) is 0 Å². The number of para-hydroxylation sites is 1. The third-order valence-corrected chi connectivity index (χ3v) is 4.34. The highest BCUT2D eigenvalue weighted by atomic mass is 16.3. The van der Waals surface area contributed by atoms with Crippen LogP contribution >= 0.6 is 0 Å². The van der Waals surface area contributed by atoms with Crippen LogP contribution in [-0.2, 0) is 0 Å². The number of benzene rings is 1. The molecule has 1 saturated heterocycles. The molecule has 1 aliphatic rings. The molecule has 1 aliphatic heterocycles. The van der Waals surface area contributed by atoms with E-state index in [1.165, 1.54) is 6.42 Å². The lowest BCUT2D eigenvalue weighted by Crippen LogP contribution is -2.43. The highest BCUT2D eigenvalue weighted by molar-refractivity contribution is 6.08. The molecule has 1 N–H and O–H groups in total. The highest BCUT2D eigenvalue weighted by Crippen LogP contribution is 2.24. The minimum atomic E-state index is 0.102. The summed E-state index contributed by atoms with van der Waals surface area (Å²) in [5.41, 5.74) is 1.42. The van der Waals surface area contributed by atoms with Crippen LogP contribution in [-0.4, -0.2) is 41.5 Å². The van der Waals surface area contributed by atoms with Crippen molar-refractivity contribution in [2.24, 2.45) is 0 Å². The predicted molar refractivity (Wildman–Crippen MR) is 81.5 cm³/mol. The number of piperidine rings is 1. The summed E-state index contributed by atoms with van der Waals surface area (Å²) in [5.74, 6) is 0.102. The number of carbonyl (C=O) groups is 1. The smallest absolute Gasteiger partial charge is 0.180 e. The fourth-order valence-electron chi connectivity index (χ4n) is 3.21. The number of aliphatic hydroxyl groups excluding tert-OH is 1. The highest BCUT2D eigenvalue weighted by Gasteiger charge is 2.25. The molecule has 1 fully saturated rings. The van der Waals surface area contributed by atoms with E-state index < -0.39 is 0 Å². The van der Waals surface area contributed by atoms with Gasteiger partial charge in [0.1, 0.15) is 11.8 Å². The van der Waals surface area contributed by atoms with E-state index in [-0.39, 0.29) is 12.4 Å². The van der Waals surface area contributed by atoms with Crippen molar-refractivity contribution in [2.45, 2.75) is 31.7 Å². The maximum Gasteiger partial charge on any atom is 0.180 e. The van der Waals surface area contributed by atoms with E-state index in [0.717, 1.165) is 36.8 Å². The number of nitrogens with zero attached hydrogens (tertiary/aromatic N) is 1. The summed E-state index contributed by atoms with van der Waals surface area (Å²) in [6, 6.07) is 7.95. The van der Waals surface area contributed by atoms with Crippen molar-refractivity contribution in [2.75, 3.05) is 19.7 Å². The third kappa shape index (κ3) is 3.01. The molecule has 1 unspecified atom stereocenters. The molecule has 0 saturated carbocycles. The number of rotatable bonds is 5. The molecule has 0 aliphatic carbocycles. The Labute approximate surface area is 124 Å². The van der Waals surface area contributed by atoms with Gasteiger partial charge in [-0.3, -0.25) is 9.69 Å². The quantitative estimate of drug-likeness (QED) is 0.859. The van der Waals surface area contributed by atoms with Crippen LogP contribution in [0.2, 0.25) is 0 Å². The monoisotopic (exact) mass is 287 g/mol. The van der Waals surface area contributed by atoms with Crippen LogP contribution in [0.15, 0.2) is 34.9 Å². The van der Waals surface area contributed by atoms with Gasteiger partial charge in [0.2, 0.25) is 0 Å². The van der Waals surface area contributed by atoms with Crippen molar-refractivity contribution in [1.29, 1.82) is 0 Å². The number of ketones is 1. The predicted octanol–water partition coefficient (Wildman–Crippen LogP) is 2.85. The molecule has 1 aromatic carbocycles. The molecule has 0 bridgehead atoms. The first-order chi connectivity index (χ1) is 10.3. The van der Waals surface area contributed by atoms with Crippen LogP contribution in [0.3, 0.4) is 0 Å². The second-order valence-electron chi connectivity index (χ2n) is 5.70. The summed E-state index contributed by atoms with van der Waals surface area (Å²) in [5, 5.41) is 10.1. The fourth-order valence-corrected chi connectivity index (χ4v) is 3.21. The second-order valence-corrected chi connectivity index (χ2v) is 5.70. The number of furan rings is 1. The van der Waals surface area contributed by atoms with Gasteiger partial charge >= 0.3 is 0 Å². The van der Waals surface area contributed by atoms with Crippen LogP contribution in [0.1, 0.15) is 36.0 Å². The van der Waals surface area contributed by atoms with Crippen LogP contribution in [0.25, 0.3) is 11.0 Å². The lowest BCUT2D eigenvalue weighted by atomic mass is 9.98. The van der Waals surface area contributed by atoms with Gasteiger partial charge in [-0.25, -0.2) is 0 Å². The number of hydrogen-bond donors (Lipinski definition) is 1. The zero-order valence-corrected chi connectivity index (χ0v) is 12.1. The maximum absolute atomic E-state index is 12.6. The van der Waals surface area contributed by atoms with Crippen molar-refractivity contribution in [3.8, 4) is 0 Å². The number of carbonyl (C=O) groups excluding carboxylic acids is 1. The molecule has 2 heterocycles. The molecule has 1 atom stereocenters. The van der Waals surface area contributed by atoms with Gasteiger partial charge in [0.05, 0.1) is 12.1 Å². The Hall–Kier alpha value is -1.65. The zero-order valence-electron chi connectivity index (χ0n) is 12.1. The molecule has 4 heteroatoms. The number of likely N-dealkylation sites (tertiary alicyclic amines) is 1. The van der Waals surface area contributed by atoms with Gasteiger partial charge in [-0.05, 0) is 31.9 Å². The van der Waals surface area contributed by atoms with Crippen LogP contribution < -0.4 is 0 Å². The van der Waals surface area contributed by atoms with Crippen LogP contribution in [0.4, 0.5) is 0 Å². The maximum atomic E-state index is 12.6. The van der Waals surface area contributed by atoms with Gasteiger partial charge in [0, 0.05) is 18.0 Å². The Kier molecular flexibility index (Phi) is 4.36. The van der Waals surface area contributed by atoms with Gasteiger partial charge in [-0.15, -0.1) is 0 Å². The van der Waals surface area contributed by atoms with E-state index in [1.807, 2.05) is 24.3 Å². The first-order valence-electron chi connectivity index (χ1n) is 7.64. The normalized spacial score (nSPS) is 20.0. The summed E-state index contributed by atoms with van der Waals surface area (Å²) in [7, 11) is 0. The topological polar surface area (TPSA) is 53.7 Å². The molecular formula is C17H21NO3. The standard InChI is InChI=1S/C17H21NO3/c19-10-8-13-5-3-4-9-18(13)11-16(20)15-12-21-17-7-2-1-6-14(15)17/h1-2,6-7,12-13,19H,3-5,8-11H2. The first kappa shape index (κ1) is 14.3. The summed E-state index contributed by atoms with van der Waals surface area (Å²) in [6.07, 6.45) is 5.70. The summed E-state index contributed by atoms with van der Waals surface area (Å²) >= 11 is 0. The number of hydrogen-bond acceptors (Lipinski definition) is 4. The molecule has 4 nitrogen and oxygen atoms in total. The Morgan fingerprint density at radius 1 is 1.33 bits per heavy atom. The number of fused-ring (bicyclic) bond motifs is 1. The summed E-state index contributed by atoms with van der Waals surface area (Å²) in [6.45, 7) is 1.53. The molecule has 21 heavy (non-hydrogen) atoms. The van der Waals surface area contributed by atoms with Gasteiger partial charge in [0.15, 0.2) is 5.78 Å². The van der Waals surface area contributed by atoms with E-state index in [0.29, 0.717) is 18.2 Å². The zero-order chi connectivity index (χ0) is 14.7.